The summed E-state index contributed by atoms with van der Waals surface area (Å²) in [6.07, 6.45) is 7.25. The van der Waals surface area contributed by atoms with Gasteiger partial charge in [0.25, 0.3) is 15.0 Å². The fourth-order valence-corrected chi connectivity index (χ4v) is 3.16. The summed E-state index contributed by atoms with van der Waals surface area (Å²) < 4.78 is 22.1. The Bertz CT molecular complexity index is 547. The van der Waals surface area contributed by atoms with Gasteiger partial charge in [0.1, 0.15) is 10.6 Å². The molecule has 0 radical (unpaired) electrons. The van der Waals surface area contributed by atoms with Crippen molar-refractivity contribution >= 4 is 25.6 Å². The van der Waals surface area contributed by atoms with Gasteiger partial charge in [-0.2, -0.15) is 0 Å². The molecule has 1 fully saturated rings. The van der Waals surface area contributed by atoms with Crippen molar-refractivity contribution in [1.82, 2.24) is 10.3 Å². The van der Waals surface area contributed by atoms with E-state index in [1.165, 1.54) is 37.9 Å². The predicted molar refractivity (Wildman–Crippen MR) is 72.7 cm³/mol. The summed E-state index contributed by atoms with van der Waals surface area (Å²) in [6, 6.07) is 1.24. The standard InChI is InChI=1S/C12H17ClN2O3S/c13-19(17,18)10-7-11(15-8-10)12(16)14-6-5-9-3-1-2-4-9/h7-9,15H,1-6H2,(H,14,16). The summed E-state index contributed by atoms with van der Waals surface area (Å²) in [5.41, 5.74) is 0.214. The number of carbonyl (C=O) groups excluding carboxylic acids is 1. The molecule has 0 aliphatic heterocycles. The topological polar surface area (TPSA) is 79.0 Å². The highest BCUT2D eigenvalue weighted by atomic mass is 35.7. The van der Waals surface area contributed by atoms with E-state index < -0.39 is 9.05 Å². The van der Waals surface area contributed by atoms with E-state index in [0.717, 1.165) is 6.42 Å². The zero-order valence-electron chi connectivity index (χ0n) is 10.5. The molecule has 1 aliphatic rings. The summed E-state index contributed by atoms with van der Waals surface area (Å²) in [6.45, 7) is 0.617. The quantitative estimate of drug-likeness (QED) is 0.819. The summed E-state index contributed by atoms with van der Waals surface area (Å²) in [7, 11) is 1.40. The molecule has 1 aromatic heterocycles. The van der Waals surface area contributed by atoms with Crippen molar-refractivity contribution in [2.75, 3.05) is 6.54 Å². The van der Waals surface area contributed by atoms with Gasteiger partial charge in [-0.15, -0.1) is 0 Å². The van der Waals surface area contributed by atoms with Gasteiger partial charge in [-0.25, -0.2) is 8.42 Å². The van der Waals surface area contributed by atoms with E-state index in [9.17, 15) is 13.2 Å². The van der Waals surface area contributed by atoms with Crippen molar-refractivity contribution in [2.24, 2.45) is 5.92 Å². The van der Waals surface area contributed by atoms with E-state index in [0.29, 0.717) is 12.5 Å². The molecule has 0 spiro atoms. The van der Waals surface area contributed by atoms with Crippen LogP contribution in [0.5, 0.6) is 0 Å². The monoisotopic (exact) mass is 304 g/mol. The molecule has 106 valence electrons. The van der Waals surface area contributed by atoms with Crippen LogP contribution in [0.2, 0.25) is 0 Å². The number of hydrogen-bond acceptors (Lipinski definition) is 3. The Morgan fingerprint density at radius 3 is 2.68 bits per heavy atom. The minimum atomic E-state index is -3.79. The van der Waals surface area contributed by atoms with Crippen LogP contribution < -0.4 is 5.32 Å². The lowest BCUT2D eigenvalue weighted by molar-refractivity contribution is 0.0947. The molecular weight excluding hydrogens is 288 g/mol. The zero-order chi connectivity index (χ0) is 13.9. The van der Waals surface area contributed by atoms with Crippen molar-refractivity contribution < 1.29 is 13.2 Å². The first-order chi connectivity index (χ1) is 8.97. The van der Waals surface area contributed by atoms with Crippen LogP contribution >= 0.6 is 10.7 Å². The van der Waals surface area contributed by atoms with E-state index in [2.05, 4.69) is 10.3 Å². The summed E-state index contributed by atoms with van der Waals surface area (Å²) in [5.74, 6) is 0.410. The first kappa shape index (κ1) is 14.4. The second kappa shape index (κ2) is 5.96. The number of aromatic nitrogens is 1. The Kier molecular flexibility index (Phi) is 4.52. The molecule has 7 heteroatoms. The van der Waals surface area contributed by atoms with Gasteiger partial charge in [0.05, 0.1) is 0 Å². The van der Waals surface area contributed by atoms with Gasteiger partial charge < -0.3 is 10.3 Å². The second-order valence-electron chi connectivity index (χ2n) is 4.88. The Morgan fingerprint density at radius 1 is 1.42 bits per heavy atom. The SMILES string of the molecule is O=C(NCCC1CCCC1)c1cc(S(=O)(=O)Cl)c[nH]1. The van der Waals surface area contributed by atoms with Gasteiger partial charge in [-0.1, -0.05) is 25.7 Å². The van der Waals surface area contributed by atoms with E-state index >= 15 is 0 Å². The van der Waals surface area contributed by atoms with Crippen LogP contribution in [0.25, 0.3) is 0 Å². The van der Waals surface area contributed by atoms with Gasteiger partial charge in [-0.05, 0) is 18.4 Å². The average Bonchev–Trinajstić information content (AvgIpc) is 2.99. The van der Waals surface area contributed by atoms with Crippen LogP contribution in [0, 0.1) is 5.92 Å². The van der Waals surface area contributed by atoms with Crippen LogP contribution in [0.4, 0.5) is 0 Å². The average molecular weight is 305 g/mol. The number of carbonyl (C=O) groups is 1. The highest BCUT2D eigenvalue weighted by Crippen LogP contribution is 2.26. The number of H-pyrrole nitrogens is 1. The van der Waals surface area contributed by atoms with Gasteiger partial charge in [-0.3, -0.25) is 4.79 Å². The van der Waals surface area contributed by atoms with Crippen LogP contribution in [-0.4, -0.2) is 25.9 Å². The predicted octanol–water partition coefficient (Wildman–Crippen LogP) is 2.25. The van der Waals surface area contributed by atoms with Crippen molar-refractivity contribution in [3.63, 3.8) is 0 Å². The van der Waals surface area contributed by atoms with E-state index in [1.807, 2.05) is 0 Å². The van der Waals surface area contributed by atoms with Gasteiger partial charge in [0, 0.05) is 23.4 Å². The molecule has 1 aliphatic carbocycles. The third-order valence-electron chi connectivity index (χ3n) is 3.50. The first-order valence-electron chi connectivity index (χ1n) is 6.38. The lowest BCUT2D eigenvalue weighted by Crippen LogP contribution is -2.25. The Labute approximate surface area is 117 Å². The molecule has 5 nitrogen and oxygen atoms in total. The smallest absolute Gasteiger partial charge is 0.267 e. The highest BCUT2D eigenvalue weighted by Gasteiger charge is 2.17. The van der Waals surface area contributed by atoms with Gasteiger partial charge in [0.2, 0.25) is 0 Å². The highest BCUT2D eigenvalue weighted by molar-refractivity contribution is 8.13. The molecule has 0 bridgehead atoms. The van der Waals surface area contributed by atoms with Gasteiger partial charge in [0.15, 0.2) is 0 Å². The van der Waals surface area contributed by atoms with Crippen LogP contribution in [-0.2, 0) is 9.05 Å². The number of amides is 1. The van der Waals surface area contributed by atoms with E-state index in [-0.39, 0.29) is 16.5 Å². The molecule has 1 saturated carbocycles. The third-order valence-corrected chi connectivity index (χ3v) is 4.83. The largest absolute Gasteiger partial charge is 0.356 e. The molecule has 0 atom stereocenters. The maximum Gasteiger partial charge on any atom is 0.267 e. The Morgan fingerprint density at radius 2 is 2.11 bits per heavy atom. The van der Waals surface area contributed by atoms with Crippen molar-refractivity contribution in [1.29, 1.82) is 0 Å². The summed E-state index contributed by atoms with van der Waals surface area (Å²) in [5, 5.41) is 2.78. The van der Waals surface area contributed by atoms with Crippen molar-refractivity contribution in [3.05, 3.63) is 18.0 Å². The molecule has 0 saturated heterocycles. The molecule has 0 aromatic carbocycles. The zero-order valence-corrected chi connectivity index (χ0v) is 12.1. The normalized spacial score (nSPS) is 16.7. The maximum absolute atomic E-state index is 11.8. The van der Waals surface area contributed by atoms with Crippen molar-refractivity contribution in [2.45, 2.75) is 37.0 Å². The molecule has 1 heterocycles. The molecule has 1 aromatic rings. The molecule has 2 N–H and O–H groups in total. The second-order valence-corrected chi connectivity index (χ2v) is 7.45. The minimum absolute atomic E-state index is 0.0879. The molecule has 19 heavy (non-hydrogen) atoms. The summed E-state index contributed by atoms with van der Waals surface area (Å²) in [4.78, 5) is 14.3. The molecular formula is C12H17ClN2O3S. The number of nitrogens with one attached hydrogen (secondary N) is 2. The Balaban J connectivity index is 1.84. The number of halogens is 1. The minimum Gasteiger partial charge on any atom is -0.356 e. The van der Waals surface area contributed by atoms with Crippen LogP contribution in [0.15, 0.2) is 17.2 Å². The number of hydrogen-bond donors (Lipinski definition) is 2. The fraction of sp³-hybridized carbons (Fsp3) is 0.583. The maximum atomic E-state index is 11.8. The van der Waals surface area contributed by atoms with Crippen LogP contribution in [0.1, 0.15) is 42.6 Å². The number of rotatable bonds is 5. The molecule has 0 unspecified atom stereocenters. The van der Waals surface area contributed by atoms with E-state index in [1.54, 1.807) is 0 Å². The Hall–Kier alpha value is -1.01. The third kappa shape index (κ3) is 3.98. The lowest BCUT2D eigenvalue weighted by atomic mass is 10.0. The van der Waals surface area contributed by atoms with E-state index in [4.69, 9.17) is 10.7 Å². The fourth-order valence-electron chi connectivity index (χ4n) is 2.43. The molecule has 2 rings (SSSR count). The molecule has 1 amide bonds. The van der Waals surface area contributed by atoms with Crippen LogP contribution in [0.3, 0.4) is 0 Å². The van der Waals surface area contributed by atoms with Crippen molar-refractivity contribution in [3.8, 4) is 0 Å². The lowest BCUT2D eigenvalue weighted by Gasteiger charge is -2.09. The van der Waals surface area contributed by atoms with Gasteiger partial charge >= 0.3 is 0 Å². The number of aromatic amines is 1. The summed E-state index contributed by atoms with van der Waals surface area (Å²) >= 11 is 0. The first-order valence-corrected chi connectivity index (χ1v) is 8.69.